The SMILES string of the molecule is CNC1Cc2c(cccc2CO)C#CCCC23CC4C=CC5CC(O)CC6(O)CCC(O)(C4C56C=O)C2(O)CC2CC1C1OC(=O)C=C1C23. The molecule has 0 saturated heterocycles. The average Bonchev–Trinajstić information content (AvgIpc) is 3.59. The minimum absolute atomic E-state index is 0.0698. The molecule has 1 spiro atoms. The lowest BCUT2D eigenvalue weighted by Crippen LogP contribution is -2.81. The number of hydrogen-bond donors (Lipinski definition) is 6. The van der Waals surface area contributed by atoms with Crippen molar-refractivity contribution in [2.75, 3.05) is 7.05 Å². The topological polar surface area (TPSA) is 157 Å². The van der Waals surface area contributed by atoms with Crippen molar-refractivity contribution < 1.29 is 39.9 Å². The fraction of sp³-hybridized carbons (Fsp3) is 0.650. The first-order valence-electron chi connectivity index (χ1n) is 18.3. The molecule has 5 fully saturated rings. The predicted octanol–water partition coefficient (Wildman–Crippen LogP) is 2.10. The van der Waals surface area contributed by atoms with Crippen molar-refractivity contribution in [1.82, 2.24) is 5.32 Å². The Morgan fingerprint density at radius 3 is 2.69 bits per heavy atom. The van der Waals surface area contributed by atoms with Crippen molar-refractivity contribution in [3.63, 3.8) is 0 Å². The van der Waals surface area contributed by atoms with Crippen LogP contribution in [0.4, 0.5) is 0 Å². The highest BCUT2D eigenvalue weighted by molar-refractivity contribution is 5.86. The van der Waals surface area contributed by atoms with Crippen molar-refractivity contribution in [3.05, 3.63) is 58.7 Å². The van der Waals surface area contributed by atoms with Crippen LogP contribution in [0.15, 0.2) is 42.0 Å². The van der Waals surface area contributed by atoms with Gasteiger partial charge in [-0.2, -0.15) is 0 Å². The molecule has 9 aliphatic rings. The first-order chi connectivity index (χ1) is 23.5. The van der Waals surface area contributed by atoms with E-state index in [9.17, 15) is 35.1 Å². The van der Waals surface area contributed by atoms with Gasteiger partial charge in [0.05, 0.1) is 29.3 Å². The second-order valence-corrected chi connectivity index (χ2v) is 16.8. The van der Waals surface area contributed by atoms with Gasteiger partial charge in [0.15, 0.2) is 0 Å². The van der Waals surface area contributed by atoms with Gasteiger partial charge < -0.3 is 40.4 Å². The molecule has 1 aromatic rings. The summed E-state index contributed by atoms with van der Waals surface area (Å²) in [6.07, 6.45) is 8.84. The maximum absolute atomic E-state index is 13.6. The number of nitrogens with one attached hydrogen (secondary N) is 1. The molecule has 14 unspecified atom stereocenters. The van der Waals surface area contributed by atoms with Gasteiger partial charge >= 0.3 is 5.97 Å². The zero-order chi connectivity index (χ0) is 34.1. The molecule has 9 heteroatoms. The molecule has 10 rings (SSSR count). The summed E-state index contributed by atoms with van der Waals surface area (Å²) < 4.78 is 6.15. The van der Waals surface area contributed by atoms with Crippen LogP contribution in [0.5, 0.6) is 0 Å². The quantitative estimate of drug-likeness (QED) is 0.123. The van der Waals surface area contributed by atoms with Crippen LogP contribution in [-0.2, 0) is 27.4 Å². The van der Waals surface area contributed by atoms with Crippen LogP contribution in [0, 0.1) is 58.2 Å². The molecule has 0 amide bonds. The summed E-state index contributed by atoms with van der Waals surface area (Å²) in [6, 6.07) is 5.68. The number of fused-ring (bicyclic) bond motifs is 4. The zero-order valence-electron chi connectivity index (χ0n) is 28.0. The van der Waals surface area contributed by atoms with E-state index in [4.69, 9.17) is 4.74 Å². The first kappa shape index (κ1) is 32.1. The number of aliphatic hydroxyl groups excluding tert-OH is 2. The van der Waals surface area contributed by atoms with Crippen molar-refractivity contribution in [2.24, 2.45) is 46.3 Å². The lowest BCUT2D eigenvalue weighted by molar-refractivity contribution is -0.336. The summed E-state index contributed by atoms with van der Waals surface area (Å²) in [7, 11) is 1.91. The normalized spacial score (nSPS) is 50.1. The molecule has 260 valence electrons. The Morgan fingerprint density at radius 2 is 1.92 bits per heavy atom. The molecule has 6 N–H and O–H groups in total. The van der Waals surface area contributed by atoms with Crippen LogP contribution in [-0.4, -0.2) is 79.9 Å². The lowest BCUT2D eigenvalue weighted by atomic mass is 9.34. The Labute approximate surface area is 286 Å². The maximum Gasteiger partial charge on any atom is 0.331 e. The van der Waals surface area contributed by atoms with Crippen molar-refractivity contribution in [2.45, 2.75) is 106 Å². The van der Waals surface area contributed by atoms with Gasteiger partial charge in [-0.25, -0.2) is 4.79 Å². The highest BCUT2D eigenvalue weighted by Gasteiger charge is 2.83. The maximum atomic E-state index is 13.6. The van der Waals surface area contributed by atoms with E-state index >= 15 is 0 Å². The van der Waals surface area contributed by atoms with Crippen LogP contribution in [0.1, 0.15) is 74.5 Å². The van der Waals surface area contributed by atoms with Crippen LogP contribution < -0.4 is 5.32 Å². The Hall–Kier alpha value is -2.84. The number of rotatable bonds is 3. The number of aldehydes is 1. The third kappa shape index (κ3) is 3.83. The standard InChI is InChI=1S/C40H47NO8/c1-41-31-15-28-22(6-4-7-24(28)20-42)5-2-3-10-36-17-23-8-9-26-14-27(44)19-37(46)11-12-39(47,35(23)38(26,37)21-43)40(36,48)18-25-13-29(31)34-30(33(25)36)16-32(45)49-34/h4,6-9,16,21,23,25-27,29,31,33-35,41-42,44,46-48H,3,10-15,17-20H2,1H3. The third-order valence-electron chi connectivity index (χ3n) is 15.3. The number of ether oxygens (including phenoxy) is 1. The van der Waals surface area contributed by atoms with Crippen LogP contribution in [0.25, 0.3) is 0 Å². The molecule has 0 radical (unpaired) electrons. The van der Waals surface area contributed by atoms with Gasteiger partial charge in [0, 0.05) is 47.8 Å². The molecule has 4 bridgehead atoms. The summed E-state index contributed by atoms with van der Waals surface area (Å²) >= 11 is 0. The number of esters is 1. The lowest BCUT2D eigenvalue weighted by Gasteiger charge is -2.72. The van der Waals surface area contributed by atoms with Crippen LogP contribution in [0.3, 0.4) is 0 Å². The largest absolute Gasteiger partial charge is 0.454 e. The van der Waals surface area contributed by atoms with Gasteiger partial charge in [0.1, 0.15) is 18.0 Å². The van der Waals surface area contributed by atoms with E-state index in [1.54, 1.807) is 6.08 Å². The Bertz CT molecular complexity index is 1740. The number of allylic oxidation sites excluding steroid dienone is 2. The summed E-state index contributed by atoms with van der Waals surface area (Å²) in [6.45, 7) is -0.109. The molecule has 1 aromatic carbocycles. The monoisotopic (exact) mass is 669 g/mol. The van der Waals surface area contributed by atoms with E-state index in [1.807, 2.05) is 31.3 Å². The Balaban J connectivity index is 1.25. The summed E-state index contributed by atoms with van der Waals surface area (Å²) in [5, 5.41) is 63.9. The van der Waals surface area contributed by atoms with Gasteiger partial charge in [0.25, 0.3) is 0 Å². The van der Waals surface area contributed by atoms with E-state index in [1.165, 1.54) is 0 Å². The van der Waals surface area contributed by atoms with Gasteiger partial charge in [-0.05, 0) is 105 Å². The van der Waals surface area contributed by atoms with Crippen LogP contribution >= 0.6 is 0 Å². The minimum Gasteiger partial charge on any atom is -0.454 e. The first-order valence-corrected chi connectivity index (χ1v) is 18.3. The molecule has 0 aromatic heterocycles. The molecule has 14 atom stereocenters. The fourth-order valence-electron chi connectivity index (χ4n) is 13.7. The number of hydrogen-bond acceptors (Lipinski definition) is 9. The Morgan fingerprint density at radius 1 is 1.08 bits per heavy atom. The summed E-state index contributed by atoms with van der Waals surface area (Å²) in [5.41, 5.74) is -3.49. The summed E-state index contributed by atoms with van der Waals surface area (Å²) in [5.74, 6) is 4.50. The zero-order valence-corrected chi connectivity index (χ0v) is 28.0. The summed E-state index contributed by atoms with van der Waals surface area (Å²) in [4.78, 5) is 26.7. The average molecular weight is 670 g/mol. The second-order valence-electron chi connectivity index (χ2n) is 16.8. The van der Waals surface area contributed by atoms with Gasteiger partial charge in [0.2, 0.25) is 0 Å². The van der Waals surface area contributed by atoms with E-state index < -0.39 is 51.7 Å². The molecule has 8 aliphatic carbocycles. The minimum atomic E-state index is -1.70. The number of carbonyl (C=O) groups excluding carboxylic acids is 2. The van der Waals surface area contributed by atoms with Crippen molar-refractivity contribution in [3.8, 4) is 11.8 Å². The van der Waals surface area contributed by atoms with E-state index in [0.717, 1.165) is 28.5 Å². The highest BCUT2D eigenvalue weighted by atomic mass is 16.5. The number of aliphatic hydroxyl groups is 5. The molecule has 1 heterocycles. The highest BCUT2D eigenvalue weighted by Crippen LogP contribution is 2.78. The molecule has 1 aliphatic heterocycles. The van der Waals surface area contributed by atoms with Gasteiger partial charge in [-0.15, -0.1) is 0 Å². The predicted molar refractivity (Wildman–Crippen MR) is 177 cm³/mol. The molecule has 9 nitrogen and oxygen atoms in total. The Kier molecular flexibility index (Phi) is 6.94. The van der Waals surface area contributed by atoms with E-state index in [2.05, 4.69) is 23.2 Å². The molecular weight excluding hydrogens is 622 g/mol. The second kappa shape index (κ2) is 10.6. The number of likely N-dealkylation sites (N-methyl/N-ethyl adjacent to an activating group) is 1. The number of carbonyl (C=O) groups is 2. The molecule has 49 heavy (non-hydrogen) atoms. The van der Waals surface area contributed by atoms with Crippen molar-refractivity contribution >= 4 is 12.3 Å². The smallest absolute Gasteiger partial charge is 0.331 e. The van der Waals surface area contributed by atoms with E-state index in [0.29, 0.717) is 44.9 Å². The third-order valence-corrected chi connectivity index (χ3v) is 15.3. The van der Waals surface area contributed by atoms with E-state index in [-0.39, 0.29) is 61.6 Å². The molecular formula is C40H47NO8. The molecule has 5 saturated carbocycles. The fourth-order valence-corrected chi connectivity index (χ4v) is 13.7. The van der Waals surface area contributed by atoms with Crippen molar-refractivity contribution in [1.29, 1.82) is 0 Å². The van der Waals surface area contributed by atoms with Gasteiger partial charge in [-0.3, -0.25) is 0 Å². The van der Waals surface area contributed by atoms with Crippen LogP contribution in [0.2, 0.25) is 0 Å². The number of benzene rings is 1. The van der Waals surface area contributed by atoms with Gasteiger partial charge in [-0.1, -0.05) is 36.1 Å².